The van der Waals surface area contributed by atoms with Crippen molar-refractivity contribution in [3.63, 3.8) is 0 Å². The molecule has 0 saturated carbocycles. The molecule has 0 rings (SSSR count). The number of aliphatic carboxylic acids is 1. The smallest absolute Gasteiger partial charge is 0.303 e. The zero-order valence-electron chi connectivity index (χ0n) is 7.53. The monoisotopic (exact) mass is 163 g/mol. The van der Waals surface area contributed by atoms with Crippen molar-refractivity contribution in [2.75, 3.05) is 14.1 Å². The van der Waals surface area contributed by atoms with Crippen molar-refractivity contribution in [1.82, 2.24) is 4.90 Å². The van der Waals surface area contributed by atoms with Crippen LogP contribution in [0.1, 0.15) is 20.3 Å². The maximum atomic E-state index is 9.37. The number of carboxylic acid groups (broad SMARTS) is 1. The molecule has 2 N–H and O–H groups in total. The Balaban J connectivity index is 0. The van der Waals surface area contributed by atoms with Crippen molar-refractivity contribution in [2.45, 2.75) is 26.5 Å². The fraction of sp³-hybridized carbons (Fsp3) is 0.857. The molecule has 11 heavy (non-hydrogen) atoms. The summed E-state index contributed by atoms with van der Waals surface area (Å²) >= 11 is 0. The highest BCUT2D eigenvalue weighted by Gasteiger charge is 1.92. The third-order valence-electron chi connectivity index (χ3n) is 1.05. The highest BCUT2D eigenvalue weighted by molar-refractivity contribution is 5.66. The second-order valence-corrected chi connectivity index (χ2v) is 2.34. The van der Waals surface area contributed by atoms with Crippen molar-refractivity contribution < 1.29 is 15.0 Å². The molecular weight excluding hydrogens is 146 g/mol. The molecule has 0 aliphatic rings. The lowest BCUT2D eigenvalue weighted by atomic mass is 10.5. The number of nitrogens with zero attached hydrogens (tertiary/aromatic N) is 1. The van der Waals surface area contributed by atoms with Crippen LogP contribution in [-0.4, -0.2) is 41.4 Å². The Morgan fingerprint density at radius 2 is 1.73 bits per heavy atom. The fourth-order valence-corrected chi connectivity index (χ4v) is 0. The summed E-state index contributed by atoms with van der Waals surface area (Å²) in [5.41, 5.74) is 0. The Morgan fingerprint density at radius 1 is 1.55 bits per heavy atom. The lowest BCUT2D eigenvalue weighted by Crippen LogP contribution is -2.23. The van der Waals surface area contributed by atoms with Crippen LogP contribution in [0.3, 0.4) is 0 Å². The van der Waals surface area contributed by atoms with Gasteiger partial charge < -0.3 is 10.2 Å². The minimum atomic E-state index is -0.745. The van der Waals surface area contributed by atoms with E-state index < -0.39 is 5.97 Å². The van der Waals surface area contributed by atoms with E-state index in [1.165, 1.54) is 0 Å². The number of carboxylic acids is 1. The van der Waals surface area contributed by atoms with E-state index in [9.17, 15) is 4.79 Å². The molecule has 0 aromatic carbocycles. The Kier molecular flexibility index (Phi) is 8.87. The van der Waals surface area contributed by atoms with Gasteiger partial charge >= 0.3 is 5.97 Å². The third-order valence-corrected chi connectivity index (χ3v) is 1.05. The van der Waals surface area contributed by atoms with Crippen LogP contribution in [0.5, 0.6) is 0 Å². The maximum Gasteiger partial charge on any atom is 0.303 e. The van der Waals surface area contributed by atoms with Gasteiger partial charge in [0.15, 0.2) is 0 Å². The van der Waals surface area contributed by atoms with Crippen LogP contribution in [0.15, 0.2) is 0 Å². The van der Waals surface area contributed by atoms with Crippen molar-refractivity contribution in [1.29, 1.82) is 0 Å². The van der Waals surface area contributed by atoms with Crippen LogP contribution in [-0.2, 0) is 4.79 Å². The second kappa shape index (κ2) is 7.50. The van der Waals surface area contributed by atoms with E-state index in [0.29, 0.717) is 0 Å². The summed E-state index contributed by atoms with van der Waals surface area (Å²) < 4.78 is 0. The van der Waals surface area contributed by atoms with Crippen LogP contribution >= 0.6 is 0 Å². The second-order valence-electron chi connectivity index (χ2n) is 2.34. The highest BCUT2D eigenvalue weighted by atomic mass is 16.4. The third kappa shape index (κ3) is 17.7. The fourth-order valence-electron chi connectivity index (χ4n) is 0. The zero-order valence-corrected chi connectivity index (χ0v) is 7.53. The Bertz CT molecular complexity index is 95.9. The van der Waals surface area contributed by atoms with Gasteiger partial charge in [0, 0.05) is 6.42 Å². The highest BCUT2D eigenvalue weighted by Crippen LogP contribution is 1.79. The minimum absolute atomic E-state index is 0.222. The zero-order chi connectivity index (χ0) is 9.44. The number of rotatable bonds is 2. The first-order valence-electron chi connectivity index (χ1n) is 3.48. The van der Waals surface area contributed by atoms with Gasteiger partial charge in [-0.15, -0.1) is 0 Å². The average Bonchev–Trinajstić information content (AvgIpc) is 1.89. The molecule has 0 bridgehead atoms. The van der Waals surface area contributed by atoms with E-state index in [1.807, 2.05) is 14.1 Å². The van der Waals surface area contributed by atoms with E-state index in [4.69, 9.17) is 10.2 Å². The first kappa shape index (κ1) is 13.0. The normalized spacial score (nSPS) is 11.8. The molecule has 68 valence electrons. The summed E-state index contributed by atoms with van der Waals surface area (Å²) in [6.07, 6.45) is -0.0926. The number of aliphatic hydroxyl groups is 1. The van der Waals surface area contributed by atoms with Gasteiger partial charge in [-0.3, -0.25) is 9.69 Å². The molecule has 4 heteroatoms. The summed E-state index contributed by atoms with van der Waals surface area (Å²) in [4.78, 5) is 11.1. The predicted octanol–water partition coefficient (Wildman–Crippen LogP) is 0.367. The summed E-state index contributed by atoms with van der Waals surface area (Å²) in [7, 11) is 3.65. The standard InChI is InChI=1S/C4H11NO.C3H6O2/c1-4(6)5(2)3;1-2-3(4)5/h4,6H,1-3H3;2H2,1H3,(H,4,5). The molecule has 1 atom stereocenters. The summed E-state index contributed by atoms with van der Waals surface area (Å²) in [5.74, 6) is -0.745. The van der Waals surface area contributed by atoms with E-state index >= 15 is 0 Å². The summed E-state index contributed by atoms with van der Waals surface area (Å²) in [5, 5.41) is 16.3. The van der Waals surface area contributed by atoms with Crippen molar-refractivity contribution >= 4 is 5.97 Å². The van der Waals surface area contributed by atoms with Crippen molar-refractivity contribution in [3.05, 3.63) is 0 Å². The van der Waals surface area contributed by atoms with Gasteiger partial charge in [-0.05, 0) is 21.0 Å². The molecule has 1 unspecified atom stereocenters. The Labute approximate surface area is 67.4 Å². The SMILES string of the molecule is CC(O)N(C)C.CCC(=O)O. The van der Waals surface area contributed by atoms with Gasteiger partial charge in [-0.1, -0.05) is 6.92 Å². The Morgan fingerprint density at radius 3 is 1.73 bits per heavy atom. The average molecular weight is 163 g/mol. The molecule has 0 fully saturated rings. The molecule has 0 saturated heterocycles. The van der Waals surface area contributed by atoms with Crippen molar-refractivity contribution in [2.24, 2.45) is 0 Å². The molecule has 0 aliphatic heterocycles. The van der Waals surface area contributed by atoms with Crippen LogP contribution in [0.2, 0.25) is 0 Å². The molecule has 0 spiro atoms. The molecular formula is C7H17NO3. The largest absolute Gasteiger partial charge is 0.481 e. The Hall–Kier alpha value is -0.610. The van der Waals surface area contributed by atoms with Crippen LogP contribution in [0.25, 0.3) is 0 Å². The predicted molar refractivity (Wildman–Crippen MR) is 43.3 cm³/mol. The molecule has 0 amide bonds. The van der Waals surface area contributed by atoms with Crippen molar-refractivity contribution in [3.8, 4) is 0 Å². The molecule has 4 nitrogen and oxygen atoms in total. The summed E-state index contributed by atoms with van der Waals surface area (Å²) in [6, 6.07) is 0. The molecule has 0 radical (unpaired) electrons. The van der Waals surface area contributed by atoms with E-state index in [0.717, 1.165) is 0 Å². The quantitative estimate of drug-likeness (QED) is 0.577. The van der Waals surface area contributed by atoms with Crippen LogP contribution in [0.4, 0.5) is 0 Å². The molecule has 0 aromatic heterocycles. The van der Waals surface area contributed by atoms with E-state index in [-0.39, 0.29) is 12.6 Å². The van der Waals surface area contributed by atoms with Gasteiger partial charge in [0.05, 0.1) is 0 Å². The number of hydrogen-bond donors (Lipinski definition) is 2. The maximum absolute atomic E-state index is 9.37. The van der Waals surface area contributed by atoms with Gasteiger partial charge in [0.25, 0.3) is 0 Å². The van der Waals surface area contributed by atoms with Crippen LogP contribution in [0, 0.1) is 0 Å². The van der Waals surface area contributed by atoms with Gasteiger partial charge in [-0.2, -0.15) is 0 Å². The van der Waals surface area contributed by atoms with Gasteiger partial charge in [0.1, 0.15) is 6.23 Å². The van der Waals surface area contributed by atoms with Crippen LogP contribution < -0.4 is 0 Å². The first-order valence-corrected chi connectivity index (χ1v) is 3.48. The number of hydrogen-bond acceptors (Lipinski definition) is 3. The van der Waals surface area contributed by atoms with E-state index in [1.54, 1.807) is 18.7 Å². The molecule has 0 aliphatic carbocycles. The molecule has 0 heterocycles. The van der Waals surface area contributed by atoms with Gasteiger partial charge in [-0.25, -0.2) is 0 Å². The topological polar surface area (TPSA) is 60.8 Å². The lowest BCUT2D eigenvalue weighted by molar-refractivity contribution is -0.136. The number of carbonyl (C=O) groups is 1. The van der Waals surface area contributed by atoms with Gasteiger partial charge in [0.2, 0.25) is 0 Å². The number of aliphatic hydroxyl groups excluding tert-OH is 1. The lowest BCUT2D eigenvalue weighted by Gasteiger charge is -2.11. The van der Waals surface area contributed by atoms with E-state index in [2.05, 4.69) is 0 Å². The first-order chi connectivity index (χ1) is 4.91. The molecule has 0 aromatic rings. The minimum Gasteiger partial charge on any atom is -0.481 e. The summed E-state index contributed by atoms with van der Waals surface area (Å²) in [6.45, 7) is 3.32.